The topological polar surface area (TPSA) is 43.9 Å². The van der Waals surface area contributed by atoms with E-state index in [9.17, 15) is 0 Å². The summed E-state index contributed by atoms with van der Waals surface area (Å²) >= 11 is 0. The summed E-state index contributed by atoms with van der Waals surface area (Å²) in [5.41, 5.74) is 13.7. The average molecular weight is 690 g/mol. The number of rotatable bonds is 5. The first kappa shape index (κ1) is 30.3. The van der Waals surface area contributed by atoms with E-state index in [4.69, 9.17) is 14.4 Å². The molecule has 3 heterocycles. The Labute approximate surface area is 311 Å². The van der Waals surface area contributed by atoms with Gasteiger partial charge in [0.15, 0.2) is 5.82 Å². The second-order valence-electron chi connectivity index (χ2n) is 13.8. The van der Waals surface area contributed by atoms with Crippen LogP contribution in [-0.4, -0.2) is 14.5 Å². The first-order valence-corrected chi connectivity index (χ1v) is 18.2. The Bertz CT molecular complexity index is 3210. The zero-order valence-electron chi connectivity index (χ0n) is 29.1. The van der Waals surface area contributed by atoms with Gasteiger partial charge in [-0.3, -0.25) is 0 Å². The van der Waals surface area contributed by atoms with Crippen LogP contribution in [-0.2, 0) is 0 Å². The van der Waals surface area contributed by atoms with Gasteiger partial charge in [0.2, 0.25) is 0 Å². The average Bonchev–Trinajstić information content (AvgIpc) is 3.79. The van der Waals surface area contributed by atoms with Crippen molar-refractivity contribution in [3.63, 3.8) is 0 Å². The van der Waals surface area contributed by atoms with Crippen LogP contribution < -0.4 is 0 Å². The Morgan fingerprint density at radius 1 is 0.389 bits per heavy atom. The van der Waals surface area contributed by atoms with Crippen molar-refractivity contribution in [1.82, 2.24) is 14.5 Å². The van der Waals surface area contributed by atoms with Crippen LogP contribution in [0.25, 0.3) is 105 Å². The predicted octanol–water partition coefficient (Wildman–Crippen LogP) is 13.3. The van der Waals surface area contributed by atoms with E-state index in [-0.39, 0.29) is 0 Å². The normalized spacial score (nSPS) is 11.7. The molecule has 0 saturated carbocycles. The van der Waals surface area contributed by atoms with Crippen molar-refractivity contribution in [2.75, 3.05) is 0 Å². The summed E-state index contributed by atoms with van der Waals surface area (Å²) in [4.78, 5) is 10.2. The van der Waals surface area contributed by atoms with Gasteiger partial charge in [0.1, 0.15) is 11.2 Å². The van der Waals surface area contributed by atoms with E-state index in [1.807, 2.05) is 18.2 Å². The number of furan rings is 1. The Morgan fingerprint density at radius 3 is 1.93 bits per heavy atom. The van der Waals surface area contributed by atoms with Crippen LogP contribution >= 0.6 is 0 Å². The minimum Gasteiger partial charge on any atom is -0.456 e. The van der Waals surface area contributed by atoms with Gasteiger partial charge in [-0.25, -0.2) is 9.97 Å². The molecule has 8 aromatic carbocycles. The lowest BCUT2D eigenvalue weighted by atomic mass is 9.96. The SMILES string of the molecule is c1ccc(-c2nc(-c3cccc(-c4cccc5oc6ccc(-c7ccc8c(c7)c7ccccc7n8-c7ccccc7)cc6c45)c3)nc3ccccc23)cc1. The van der Waals surface area contributed by atoms with Gasteiger partial charge in [0, 0.05) is 43.7 Å². The minimum atomic E-state index is 0.699. The van der Waals surface area contributed by atoms with Crippen LogP contribution in [0.1, 0.15) is 0 Å². The number of aromatic nitrogens is 3. The van der Waals surface area contributed by atoms with E-state index in [0.717, 1.165) is 77.6 Å². The van der Waals surface area contributed by atoms with Crippen molar-refractivity contribution in [2.24, 2.45) is 0 Å². The maximum Gasteiger partial charge on any atom is 0.160 e. The van der Waals surface area contributed by atoms with Crippen LogP contribution in [0, 0.1) is 0 Å². The molecule has 0 aliphatic rings. The Balaban J connectivity index is 1.05. The van der Waals surface area contributed by atoms with Crippen molar-refractivity contribution in [3.8, 4) is 50.6 Å². The number of benzene rings is 8. The summed E-state index contributed by atoms with van der Waals surface area (Å²) < 4.78 is 8.84. The summed E-state index contributed by atoms with van der Waals surface area (Å²) in [6, 6.07) is 66.1. The minimum absolute atomic E-state index is 0.699. The molecule has 0 spiro atoms. The molecule has 0 fully saturated rings. The van der Waals surface area contributed by atoms with Crippen LogP contribution in [0.15, 0.2) is 192 Å². The van der Waals surface area contributed by atoms with Crippen LogP contribution in [0.5, 0.6) is 0 Å². The highest BCUT2D eigenvalue weighted by Crippen LogP contribution is 2.41. The zero-order valence-corrected chi connectivity index (χ0v) is 29.1. The first-order chi connectivity index (χ1) is 26.8. The smallest absolute Gasteiger partial charge is 0.160 e. The Kier molecular flexibility index (Phi) is 6.82. The molecule has 0 saturated heterocycles. The standard InChI is InChI=1S/C50H31N3O/c1-3-13-32(14-4-1)49-40-20-7-9-22-43(40)51-50(52-49)36-16-11-15-35(29-36)38-21-12-24-47-48(38)42-31-34(26-28-46(42)54-47)33-25-27-45-41(30-33)39-19-8-10-23-44(39)53(45)37-17-5-2-6-18-37/h1-31H. The van der Waals surface area contributed by atoms with Gasteiger partial charge >= 0.3 is 0 Å². The third-order valence-electron chi connectivity index (χ3n) is 10.6. The number of fused-ring (bicyclic) bond motifs is 7. The van der Waals surface area contributed by atoms with E-state index >= 15 is 0 Å². The van der Waals surface area contributed by atoms with Gasteiger partial charge < -0.3 is 8.98 Å². The maximum absolute atomic E-state index is 6.49. The molecule has 0 aliphatic heterocycles. The number of para-hydroxylation sites is 3. The van der Waals surface area contributed by atoms with Crippen LogP contribution in [0.3, 0.4) is 0 Å². The van der Waals surface area contributed by atoms with Gasteiger partial charge in [0.05, 0.1) is 22.2 Å². The van der Waals surface area contributed by atoms with Gasteiger partial charge in [-0.1, -0.05) is 127 Å². The molecule has 0 unspecified atom stereocenters. The summed E-state index contributed by atoms with van der Waals surface area (Å²) in [6.07, 6.45) is 0. The molecule has 11 rings (SSSR count). The largest absolute Gasteiger partial charge is 0.456 e. The van der Waals surface area contributed by atoms with Gasteiger partial charge in [-0.15, -0.1) is 0 Å². The lowest BCUT2D eigenvalue weighted by Gasteiger charge is -2.11. The fourth-order valence-corrected chi connectivity index (χ4v) is 8.10. The monoisotopic (exact) mass is 689 g/mol. The lowest BCUT2D eigenvalue weighted by Crippen LogP contribution is -1.95. The first-order valence-electron chi connectivity index (χ1n) is 18.2. The molecule has 54 heavy (non-hydrogen) atoms. The van der Waals surface area contributed by atoms with Crippen molar-refractivity contribution in [3.05, 3.63) is 188 Å². The van der Waals surface area contributed by atoms with Crippen LogP contribution in [0.2, 0.25) is 0 Å². The Morgan fingerprint density at radius 2 is 1.06 bits per heavy atom. The molecule has 0 radical (unpaired) electrons. The van der Waals surface area contributed by atoms with Crippen molar-refractivity contribution in [1.29, 1.82) is 0 Å². The molecule has 0 bridgehead atoms. The number of hydrogen-bond donors (Lipinski definition) is 0. The summed E-state index contributed by atoms with van der Waals surface area (Å²) in [7, 11) is 0. The zero-order chi connectivity index (χ0) is 35.6. The highest BCUT2D eigenvalue weighted by Gasteiger charge is 2.17. The fourth-order valence-electron chi connectivity index (χ4n) is 8.10. The van der Waals surface area contributed by atoms with E-state index in [1.54, 1.807) is 0 Å². The third kappa shape index (κ3) is 4.85. The van der Waals surface area contributed by atoms with Crippen molar-refractivity contribution in [2.45, 2.75) is 0 Å². The molecular formula is C50H31N3O. The highest BCUT2D eigenvalue weighted by molar-refractivity contribution is 6.14. The van der Waals surface area contributed by atoms with E-state index in [1.165, 1.54) is 21.8 Å². The Hall–Kier alpha value is -7.30. The van der Waals surface area contributed by atoms with Gasteiger partial charge in [-0.2, -0.15) is 0 Å². The van der Waals surface area contributed by atoms with E-state index in [2.05, 4.69) is 174 Å². The molecule has 252 valence electrons. The van der Waals surface area contributed by atoms with Crippen molar-refractivity contribution < 1.29 is 4.42 Å². The predicted molar refractivity (Wildman–Crippen MR) is 223 cm³/mol. The quantitative estimate of drug-likeness (QED) is 0.181. The van der Waals surface area contributed by atoms with E-state index in [0.29, 0.717) is 5.82 Å². The molecule has 0 N–H and O–H groups in total. The second kappa shape index (κ2) is 12.1. The molecule has 4 heteroatoms. The lowest BCUT2D eigenvalue weighted by molar-refractivity contribution is 0.669. The molecule has 11 aromatic rings. The van der Waals surface area contributed by atoms with Crippen molar-refractivity contribution >= 4 is 54.6 Å². The molecule has 3 aromatic heterocycles. The highest BCUT2D eigenvalue weighted by atomic mass is 16.3. The van der Waals surface area contributed by atoms with Gasteiger partial charge in [-0.05, 0) is 82.9 Å². The van der Waals surface area contributed by atoms with E-state index < -0.39 is 0 Å². The molecule has 0 amide bonds. The molecule has 0 atom stereocenters. The summed E-state index contributed by atoms with van der Waals surface area (Å²) in [5, 5.41) is 5.69. The summed E-state index contributed by atoms with van der Waals surface area (Å²) in [5.74, 6) is 0.699. The maximum atomic E-state index is 6.49. The fraction of sp³-hybridized carbons (Fsp3) is 0. The third-order valence-corrected chi connectivity index (χ3v) is 10.6. The van der Waals surface area contributed by atoms with Gasteiger partial charge in [0.25, 0.3) is 0 Å². The number of hydrogen-bond acceptors (Lipinski definition) is 3. The molecule has 4 nitrogen and oxygen atoms in total. The molecule has 0 aliphatic carbocycles. The summed E-state index contributed by atoms with van der Waals surface area (Å²) in [6.45, 7) is 0. The van der Waals surface area contributed by atoms with Crippen LogP contribution in [0.4, 0.5) is 0 Å². The second-order valence-corrected chi connectivity index (χ2v) is 13.8. The molecular weight excluding hydrogens is 659 g/mol. The number of nitrogens with zero attached hydrogens (tertiary/aromatic N) is 3.